The van der Waals surface area contributed by atoms with E-state index >= 15 is 0 Å². The molecule has 0 spiro atoms. The van der Waals surface area contributed by atoms with Crippen LogP contribution in [0.1, 0.15) is 11.1 Å². The standard InChI is InChI=1S/C18H13ClFNO3S/c1-21-17(22)16(25-18(21)23)9-11-5-7-12(8-6-11)24-10-13-14(19)3-2-4-15(13)20/h2-9H,10H2,1H3/b16-9-. The molecule has 1 fully saturated rings. The number of carbonyl (C=O) groups is 2. The van der Waals surface area contributed by atoms with Gasteiger partial charge in [-0.15, -0.1) is 0 Å². The van der Waals surface area contributed by atoms with Crippen LogP contribution < -0.4 is 4.74 Å². The number of hydrogen-bond acceptors (Lipinski definition) is 4. The van der Waals surface area contributed by atoms with Crippen LogP contribution in [0.5, 0.6) is 5.75 Å². The zero-order valence-corrected chi connectivity index (χ0v) is 14.7. The number of hydrogen-bond donors (Lipinski definition) is 0. The van der Waals surface area contributed by atoms with Crippen LogP contribution in [0.2, 0.25) is 5.02 Å². The van der Waals surface area contributed by atoms with E-state index in [0.29, 0.717) is 21.2 Å². The molecule has 1 heterocycles. The van der Waals surface area contributed by atoms with Crippen LogP contribution in [-0.2, 0) is 11.4 Å². The van der Waals surface area contributed by atoms with E-state index in [1.54, 1.807) is 36.4 Å². The van der Waals surface area contributed by atoms with Crippen LogP contribution >= 0.6 is 23.4 Å². The molecule has 1 aliphatic heterocycles. The molecule has 0 saturated carbocycles. The molecule has 0 aromatic heterocycles. The van der Waals surface area contributed by atoms with E-state index < -0.39 is 5.82 Å². The summed E-state index contributed by atoms with van der Waals surface area (Å²) in [7, 11) is 1.45. The van der Waals surface area contributed by atoms with Gasteiger partial charge in [0.05, 0.1) is 9.93 Å². The Balaban J connectivity index is 1.69. The third-order valence-electron chi connectivity index (χ3n) is 3.61. The first-order valence-electron chi connectivity index (χ1n) is 7.33. The van der Waals surface area contributed by atoms with Gasteiger partial charge in [-0.3, -0.25) is 14.5 Å². The monoisotopic (exact) mass is 377 g/mol. The second-order valence-corrected chi connectivity index (χ2v) is 6.70. The lowest BCUT2D eigenvalue weighted by atomic mass is 10.2. The number of imide groups is 1. The molecule has 0 unspecified atom stereocenters. The van der Waals surface area contributed by atoms with Crippen molar-refractivity contribution in [1.29, 1.82) is 0 Å². The van der Waals surface area contributed by atoms with E-state index in [1.807, 2.05) is 0 Å². The largest absolute Gasteiger partial charge is 0.489 e. The van der Waals surface area contributed by atoms with E-state index in [0.717, 1.165) is 22.2 Å². The minimum atomic E-state index is -0.417. The molecule has 2 aromatic rings. The normalized spacial score (nSPS) is 16.0. The zero-order chi connectivity index (χ0) is 18.0. The van der Waals surface area contributed by atoms with E-state index in [2.05, 4.69) is 0 Å². The van der Waals surface area contributed by atoms with E-state index in [-0.39, 0.29) is 17.8 Å². The summed E-state index contributed by atoms with van der Waals surface area (Å²) in [5.74, 6) is -0.191. The van der Waals surface area contributed by atoms with Crippen molar-refractivity contribution in [3.63, 3.8) is 0 Å². The maximum absolute atomic E-state index is 13.7. The molecule has 4 nitrogen and oxygen atoms in total. The number of benzene rings is 2. The molecule has 0 radical (unpaired) electrons. The molecule has 128 valence electrons. The fraction of sp³-hybridized carbons (Fsp3) is 0.111. The maximum Gasteiger partial charge on any atom is 0.293 e. The number of thioether (sulfide) groups is 1. The summed E-state index contributed by atoms with van der Waals surface area (Å²) >= 11 is 6.86. The average Bonchev–Trinajstić information content (AvgIpc) is 2.83. The Labute approximate surface area is 153 Å². The number of amides is 2. The van der Waals surface area contributed by atoms with Gasteiger partial charge < -0.3 is 4.74 Å². The summed E-state index contributed by atoms with van der Waals surface area (Å²) in [6.07, 6.45) is 1.64. The van der Waals surface area contributed by atoms with Crippen molar-refractivity contribution in [2.75, 3.05) is 7.05 Å². The lowest BCUT2D eigenvalue weighted by Gasteiger charge is -2.09. The smallest absolute Gasteiger partial charge is 0.293 e. The average molecular weight is 378 g/mol. The van der Waals surface area contributed by atoms with Crippen molar-refractivity contribution >= 4 is 40.6 Å². The number of likely N-dealkylation sites (N-methyl/N-ethyl adjacent to an activating group) is 1. The molecular formula is C18H13ClFNO3S. The topological polar surface area (TPSA) is 46.6 Å². The fourth-order valence-electron chi connectivity index (χ4n) is 2.18. The van der Waals surface area contributed by atoms with Gasteiger partial charge >= 0.3 is 0 Å². The summed E-state index contributed by atoms with van der Waals surface area (Å²) in [6, 6.07) is 11.4. The molecule has 0 bridgehead atoms. The Hall–Kier alpha value is -2.31. The van der Waals surface area contributed by atoms with Gasteiger partial charge in [-0.25, -0.2) is 4.39 Å². The number of carbonyl (C=O) groups excluding carboxylic acids is 2. The van der Waals surface area contributed by atoms with E-state index in [1.165, 1.54) is 19.2 Å². The summed E-state index contributed by atoms with van der Waals surface area (Å²) < 4.78 is 19.3. The Morgan fingerprint density at radius 1 is 1.20 bits per heavy atom. The molecule has 0 N–H and O–H groups in total. The van der Waals surface area contributed by atoms with Crippen LogP contribution in [0.25, 0.3) is 6.08 Å². The summed E-state index contributed by atoms with van der Waals surface area (Å²) in [5, 5.41) is 0.0184. The highest BCUT2D eigenvalue weighted by molar-refractivity contribution is 8.18. The lowest BCUT2D eigenvalue weighted by Crippen LogP contribution is -2.22. The fourth-order valence-corrected chi connectivity index (χ4v) is 3.23. The number of halogens is 2. The predicted molar refractivity (Wildman–Crippen MR) is 95.9 cm³/mol. The first-order valence-corrected chi connectivity index (χ1v) is 8.52. The third kappa shape index (κ3) is 3.86. The molecule has 7 heteroatoms. The van der Waals surface area contributed by atoms with E-state index in [4.69, 9.17) is 16.3 Å². The molecule has 1 aliphatic rings. The summed E-state index contributed by atoms with van der Waals surface area (Å²) in [6.45, 7) is 0.0135. The highest BCUT2D eigenvalue weighted by Gasteiger charge is 2.31. The number of rotatable bonds is 4. The Morgan fingerprint density at radius 3 is 2.52 bits per heavy atom. The predicted octanol–water partition coefficient (Wildman–Crippen LogP) is 4.72. The van der Waals surface area contributed by atoms with Crippen molar-refractivity contribution in [1.82, 2.24) is 4.90 Å². The third-order valence-corrected chi connectivity index (χ3v) is 4.92. The van der Waals surface area contributed by atoms with Crippen LogP contribution in [0, 0.1) is 5.82 Å². The molecule has 1 saturated heterocycles. The van der Waals surface area contributed by atoms with Gasteiger partial charge in [-0.05, 0) is 47.7 Å². The molecule has 2 amide bonds. The minimum Gasteiger partial charge on any atom is -0.489 e. The van der Waals surface area contributed by atoms with Gasteiger partial charge in [0.25, 0.3) is 11.1 Å². The zero-order valence-electron chi connectivity index (χ0n) is 13.2. The molecule has 25 heavy (non-hydrogen) atoms. The van der Waals surface area contributed by atoms with Gasteiger partial charge in [0.1, 0.15) is 18.2 Å². The van der Waals surface area contributed by atoms with Crippen LogP contribution in [-0.4, -0.2) is 23.1 Å². The maximum atomic E-state index is 13.7. The van der Waals surface area contributed by atoms with Crippen molar-refractivity contribution in [2.45, 2.75) is 6.61 Å². The van der Waals surface area contributed by atoms with Crippen molar-refractivity contribution in [3.8, 4) is 5.75 Å². The first-order chi connectivity index (χ1) is 12.0. The lowest BCUT2D eigenvalue weighted by molar-refractivity contribution is -0.121. The van der Waals surface area contributed by atoms with Gasteiger partial charge in [-0.2, -0.15) is 0 Å². The number of nitrogens with zero attached hydrogens (tertiary/aromatic N) is 1. The first kappa shape index (κ1) is 17.5. The Kier molecular flexibility index (Phi) is 5.11. The minimum absolute atomic E-state index is 0.0135. The van der Waals surface area contributed by atoms with Crippen LogP contribution in [0.15, 0.2) is 47.4 Å². The summed E-state index contributed by atoms with van der Waals surface area (Å²) in [5.41, 5.74) is 1.06. The molecular weight excluding hydrogens is 365 g/mol. The summed E-state index contributed by atoms with van der Waals surface area (Å²) in [4.78, 5) is 24.8. The highest BCUT2D eigenvalue weighted by atomic mass is 35.5. The van der Waals surface area contributed by atoms with Gasteiger partial charge in [-0.1, -0.05) is 29.8 Å². The quantitative estimate of drug-likeness (QED) is 0.723. The highest BCUT2D eigenvalue weighted by Crippen LogP contribution is 2.31. The van der Waals surface area contributed by atoms with Gasteiger partial charge in [0, 0.05) is 12.6 Å². The molecule has 0 atom stereocenters. The molecule has 2 aromatic carbocycles. The second-order valence-electron chi connectivity index (χ2n) is 5.30. The molecule has 0 aliphatic carbocycles. The van der Waals surface area contributed by atoms with E-state index in [9.17, 15) is 14.0 Å². The Bertz CT molecular complexity index is 847. The van der Waals surface area contributed by atoms with Gasteiger partial charge in [0.15, 0.2) is 0 Å². The van der Waals surface area contributed by atoms with Crippen molar-refractivity contribution in [3.05, 3.63) is 69.3 Å². The van der Waals surface area contributed by atoms with Crippen LogP contribution in [0.3, 0.4) is 0 Å². The van der Waals surface area contributed by atoms with Gasteiger partial charge in [0.2, 0.25) is 0 Å². The Morgan fingerprint density at radius 2 is 1.92 bits per heavy atom. The van der Waals surface area contributed by atoms with Crippen LogP contribution in [0.4, 0.5) is 9.18 Å². The molecule has 3 rings (SSSR count). The SMILES string of the molecule is CN1C(=O)S/C(=C\c2ccc(OCc3c(F)cccc3Cl)cc2)C1=O. The number of ether oxygens (including phenoxy) is 1. The van der Waals surface area contributed by atoms with Crippen molar-refractivity contribution < 1.29 is 18.7 Å². The van der Waals surface area contributed by atoms with Crippen molar-refractivity contribution in [2.24, 2.45) is 0 Å². The second kappa shape index (κ2) is 7.29.